The van der Waals surface area contributed by atoms with Crippen LogP contribution in [0, 0.1) is 11.3 Å². The van der Waals surface area contributed by atoms with Crippen LogP contribution in [0.25, 0.3) is 0 Å². The third-order valence-corrected chi connectivity index (χ3v) is 15.1. The zero-order valence-corrected chi connectivity index (χ0v) is 52.4. The Kier molecular flexibility index (Phi) is 26.0. The van der Waals surface area contributed by atoms with E-state index >= 15 is 4.79 Å². The van der Waals surface area contributed by atoms with E-state index in [1.54, 1.807) is 125 Å². The monoisotopic (exact) mass is 1200 g/mol. The van der Waals surface area contributed by atoms with Crippen molar-refractivity contribution < 1.29 is 67.0 Å². The molecule has 21 nitrogen and oxygen atoms in total. The zero-order chi connectivity index (χ0) is 64.2. The normalized spacial score (nSPS) is 16.2. The number of rotatable bonds is 28. The minimum absolute atomic E-state index is 0.00234. The summed E-state index contributed by atoms with van der Waals surface area (Å²) in [5.41, 5.74) is 0.451. The topological polar surface area (TPSA) is 265 Å². The van der Waals surface area contributed by atoms with Gasteiger partial charge in [-0.25, -0.2) is 9.59 Å². The number of nitrogens with zero attached hydrogens (tertiary/aromatic N) is 4. The van der Waals surface area contributed by atoms with Gasteiger partial charge in [0.25, 0.3) is 5.91 Å². The van der Waals surface area contributed by atoms with Crippen LogP contribution in [-0.4, -0.2) is 155 Å². The maximum absolute atomic E-state index is 15.0. The number of piperidine rings is 1. The largest absolute Gasteiger partial charge is 0.461 e. The number of hydrogen-bond acceptors (Lipinski definition) is 14. The molecule has 87 heavy (non-hydrogen) atoms. The maximum Gasteiger partial charge on any atom is 0.330 e. The summed E-state index contributed by atoms with van der Waals surface area (Å²) < 4.78 is 16.4. The Labute approximate surface area is 511 Å². The smallest absolute Gasteiger partial charge is 0.330 e. The Balaban J connectivity index is 1.27. The number of likely N-dealkylation sites (tertiary alicyclic amines) is 2. The first kappa shape index (κ1) is 69.5. The SMILES string of the molecule is CC/C=C/C(=O)OCC(C)(C)C(=O)C(=O)N1CCCC[C@H]1C(=O)OCc1cccc(NC(=O)CCC(=O)NC(C(=O)N[C@@H](Cc2ccc(CC(=O)OC(C)(C)C)cc2)C(=O)N2CCC[C@@H]2C(=O)N(C)[C@@H](CC(C)C)C(=O)N(C)CC)c2ccccc2)c1. The minimum atomic E-state index is -1.36. The van der Waals surface area contributed by atoms with Crippen molar-refractivity contribution in [3.8, 4) is 0 Å². The Hall–Kier alpha value is -8.23. The molecule has 3 aromatic rings. The van der Waals surface area contributed by atoms with E-state index in [2.05, 4.69) is 16.0 Å². The predicted octanol–water partition coefficient (Wildman–Crippen LogP) is 6.75. The third-order valence-electron chi connectivity index (χ3n) is 15.1. The van der Waals surface area contributed by atoms with E-state index in [4.69, 9.17) is 14.2 Å². The molecular formula is C66H89N7O14. The molecule has 472 valence electrons. The summed E-state index contributed by atoms with van der Waals surface area (Å²) in [6.07, 6.45) is 5.46. The number of likely N-dealkylation sites (N-methyl/N-ethyl adjacent to an activating group) is 2. The van der Waals surface area contributed by atoms with E-state index in [9.17, 15) is 47.9 Å². The highest BCUT2D eigenvalue weighted by Gasteiger charge is 2.44. The molecule has 5 rings (SSSR count). The summed E-state index contributed by atoms with van der Waals surface area (Å²) in [4.78, 5) is 156. The first-order valence-corrected chi connectivity index (χ1v) is 30.1. The lowest BCUT2D eigenvalue weighted by Crippen LogP contribution is -2.58. The molecule has 2 aliphatic heterocycles. The van der Waals surface area contributed by atoms with Gasteiger partial charge in [0, 0.05) is 64.8 Å². The first-order chi connectivity index (χ1) is 41.1. The summed E-state index contributed by atoms with van der Waals surface area (Å²) in [6, 6.07) is 16.5. The number of ether oxygens (including phenoxy) is 3. The zero-order valence-electron chi connectivity index (χ0n) is 52.4. The van der Waals surface area contributed by atoms with Crippen molar-refractivity contribution in [1.29, 1.82) is 0 Å². The van der Waals surface area contributed by atoms with Crippen LogP contribution < -0.4 is 16.0 Å². The van der Waals surface area contributed by atoms with Crippen molar-refractivity contribution in [2.75, 3.05) is 45.7 Å². The number of allylic oxidation sites excluding steroid dienone is 1. The van der Waals surface area contributed by atoms with Crippen molar-refractivity contribution >= 4 is 70.7 Å². The van der Waals surface area contributed by atoms with Crippen LogP contribution in [0.15, 0.2) is 91.0 Å². The Morgan fingerprint density at radius 3 is 2.03 bits per heavy atom. The molecule has 3 aromatic carbocycles. The molecule has 1 unspecified atom stereocenters. The molecule has 21 heteroatoms. The fraction of sp³-hybridized carbons (Fsp3) is 0.530. The van der Waals surface area contributed by atoms with Crippen LogP contribution in [0.5, 0.6) is 0 Å². The van der Waals surface area contributed by atoms with Crippen LogP contribution in [-0.2, 0) is 86.4 Å². The number of esters is 3. The molecule has 0 spiro atoms. The summed E-state index contributed by atoms with van der Waals surface area (Å²) in [6.45, 7) is 16.2. The van der Waals surface area contributed by atoms with Crippen LogP contribution in [0.3, 0.4) is 0 Å². The molecule has 2 aliphatic rings. The molecule has 0 aromatic heterocycles. The van der Waals surface area contributed by atoms with E-state index in [-0.39, 0.29) is 70.2 Å². The van der Waals surface area contributed by atoms with Crippen molar-refractivity contribution in [2.45, 2.75) is 175 Å². The number of benzene rings is 3. The van der Waals surface area contributed by atoms with Crippen molar-refractivity contribution in [3.05, 3.63) is 113 Å². The molecule has 0 radical (unpaired) electrons. The fourth-order valence-electron chi connectivity index (χ4n) is 10.2. The van der Waals surface area contributed by atoms with E-state index in [1.807, 2.05) is 27.7 Å². The van der Waals surface area contributed by atoms with Gasteiger partial charge in [0.15, 0.2) is 0 Å². The number of Topliss-reactive ketones (excluding diaryl/α,β-unsaturated/α-hetero) is 1. The van der Waals surface area contributed by atoms with E-state index in [1.165, 1.54) is 34.6 Å². The van der Waals surface area contributed by atoms with Gasteiger partial charge in [0.2, 0.25) is 41.2 Å². The van der Waals surface area contributed by atoms with Crippen molar-refractivity contribution in [1.82, 2.24) is 30.2 Å². The molecule has 2 heterocycles. The van der Waals surface area contributed by atoms with Gasteiger partial charge >= 0.3 is 17.9 Å². The maximum atomic E-state index is 15.0. The minimum Gasteiger partial charge on any atom is -0.461 e. The highest BCUT2D eigenvalue weighted by molar-refractivity contribution is 6.38. The lowest BCUT2D eigenvalue weighted by molar-refractivity contribution is -0.162. The molecule has 0 aliphatic carbocycles. The highest BCUT2D eigenvalue weighted by Crippen LogP contribution is 2.27. The summed E-state index contributed by atoms with van der Waals surface area (Å²) >= 11 is 0. The summed E-state index contributed by atoms with van der Waals surface area (Å²) in [7, 11) is 3.26. The number of anilines is 1. The number of carbonyl (C=O) groups is 11. The quantitative estimate of drug-likeness (QED) is 0.0294. The van der Waals surface area contributed by atoms with Gasteiger partial charge in [-0.15, -0.1) is 0 Å². The van der Waals surface area contributed by atoms with Gasteiger partial charge in [0.1, 0.15) is 49.0 Å². The molecule has 0 saturated carbocycles. The van der Waals surface area contributed by atoms with Gasteiger partial charge in [-0.05, 0) is 127 Å². The Morgan fingerprint density at radius 2 is 1.38 bits per heavy atom. The standard InChI is InChI=1S/C66H89N7O14/c1-12-14-28-55(76)86-42-66(8,9)58(78)63(83)73-35-19-18-26-51(73)64(84)85-41-46-22-20-25-48(38-46)67-53(74)33-34-54(75)69-57(47-23-16-15-17-24-47)59(79)68-49(39-44-29-31-45(32-30-44)40-56(77)87-65(5,6)7)60(80)72-36-21-27-50(72)62(82)71(11)52(37-43(3)4)61(81)70(10)13-2/h14-17,20,22-25,28-32,38,43,49-52,57H,12-13,18-19,21,26-27,33-37,39-42H2,1-11H3,(H,67,74)(H,68,79)(H,69,75)/b28-14+/t49-,50+,51-,52-,57?/m0/s1. The fourth-order valence-corrected chi connectivity index (χ4v) is 10.2. The second-order valence-corrected chi connectivity index (χ2v) is 24.4. The van der Waals surface area contributed by atoms with Gasteiger partial charge in [-0.1, -0.05) is 93.6 Å². The molecular weight excluding hydrogens is 1110 g/mol. The van der Waals surface area contributed by atoms with Crippen LogP contribution in [0.1, 0.15) is 148 Å². The average Bonchev–Trinajstić information content (AvgIpc) is 2.12. The van der Waals surface area contributed by atoms with E-state index in [0.717, 1.165) is 0 Å². The highest BCUT2D eigenvalue weighted by atomic mass is 16.6. The first-order valence-electron chi connectivity index (χ1n) is 30.1. The predicted molar refractivity (Wildman–Crippen MR) is 326 cm³/mol. The van der Waals surface area contributed by atoms with Gasteiger partial charge in [0.05, 0.1) is 11.8 Å². The van der Waals surface area contributed by atoms with E-state index in [0.29, 0.717) is 73.0 Å². The van der Waals surface area contributed by atoms with Gasteiger partial charge < -0.3 is 49.8 Å². The number of hydrogen-bond donors (Lipinski definition) is 3. The lowest BCUT2D eigenvalue weighted by Gasteiger charge is -2.36. The molecule has 5 atom stereocenters. The molecule has 0 bridgehead atoms. The molecule has 3 N–H and O–H groups in total. The molecule has 2 saturated heterocycles. The van der Waals surface area contributed by atoms with Crippen LogP contribution in [0.4, 0.5) is 5.69 Å². The van der Waals surface area contributed by atoms with Crippen LogP contribution >= 0.6 is 0 Å². The third kappa shape index (κ3) is 21.0. The molecule has 7 amide bonds. The number of amides is 7. The Bertz CT molecular complexity index is 2950. The summed E-state index contributed by atoms with van der Waals surface area (Å²) in [5, 5.41) is 8.42. The second-order valence-electron chi connectivity index (χ2n) is 24.4. The van der Waals surface area contributed by atoms with Crippen molar-refractivity contribution in [3.63, 3.8) is 0 Å². The number of nitrogens with one attached hydrogen (secondary N) is 3. The number of carbonyl (C=O) groups excluding carboxylic acids is 11. The Morgan fingerprint density at radius 1 is 0.724 bits per heavy atom. The molecule has 2 fully saturated rings. The average molecular weight is 1200 g/mol. The van der Waals surface area contributed by atoms with Gasteiger partial charge in [-0.2, -0.15) is 0 Å². The van der Waals surface area contributed by atoms with Crippen LogP contribution in [0.2, 0.25) is 0 Å². The van der Waals surface area contributed by atoms with Gasteiger partial charge in [-0.3, -0.25) is 43.2 Å². The number of ketones is 1. The second kappa shape index (κ2) is 32.5. The summed E-state index contributed by atoms with van der Waals surface area (Å²) in [5.74, 6) is -6.48. The van der Waals surface area contributed by atoms with Crippen molar-refractivity contribution in [2.24, 2.45) is 11.3 Å². The van der Waals surface area contributed by atoms with E-state index < -0.39 is 100 Å². The lowest BCUT2D eigenvalue weighted by atomic mass is 9.87.